The molecule has 0 unspecified atom stereocenters. The van der Waals surface area contributed by atoms with Crippen LogP contribution in [-0.2, 0) is 5.41 Å². The van der Waals surface area contributed by atoms with Gasteiger partial charge in [-0.2, -0.15) is 0 Å². The first-order chi connectivity index (χ1) is 9.43. The molecule has 20 heavy (non-hydrogen) atoms. The molecular formula is C15H16N4S. The van der Waals surface area contributed by atoms with E-state index in [0.29, 0.717) is 11.6 Å². The van der Waals surface area contributed by atoms with Crippen molar-refractivity contribution >= 4 is 27.4 Å². The van der Waals surface area contributed by atoms with Gasteiger partial charge in [-0.3, -0.25) is 4.98 Å². The van der Waals surface area contributed by atoms with Crippen LogP contribution in [0, 0.1) is 0 Å². The van der Waals surface area contributed by atoms with Gasteiger partial charge in [0.25, 0.3) is 0 Å². The van der Waals surface area contributed by atoms with Crippen LogP contribution in [-0.4, -0.2) is 15.0 Å². The molecule has 0 bridgehead atoms. The average molecular weight is 284 g/mol. The molecule has 3 rings (SSSR count). The second-order valence-electron chi connectivity index (χ2n) is 5.78. The number of rotatable bonds is 1. The first kappa shape index (κ1) is 13.0. The number of hydrogen-bond acceptors (Lipinski definition) is 5. The van der Waals surface area contributed by atoms with Crippen molar-refractivity contribution in [1.82, 2.24) is 15.0 Å². The Morgan fingerprint density at radius 3 is 2.70 bits per heavy atom. The monoisotopic (exact) mass is 284 g/mol. The number of nitrogen functional groups attached to an aromatic ring is 1. The van der Waals surface area contributed by atoms with E-state index in [4.69, 9.17) is 5.73 Å². The third-order valence-corrected chi connectivity index (χ3v) is 3.93. The quantitative estimate of drug-likeness (QED) is 0.741. The van der Waals surface area contributed by atoms with Crippen molar-refractivity contribution in [3.63, 3.8) is 0 Å². The molecule has 0 aliphatic heterocycles. The van der Waals surface area contributed by atoms with Gasteiger partial charge in [-0.15, -0.1) is 11.3 Å². The van der Waals surface area contributed by atoms with Crippen molar-refractivity contribution in [2.75, 3.05) is 5.73 Å². The molecule has 2 N–H and O–H groups in total. The smallest absolute Gasteiger partial charge is 0.163 e. The standard InChI is InChI=1S/C15H16N4S/c1-15(2,3)12-7-13(16)19-14(18-12)9-6-11-10(17-8-9)4-5-20-11/h4-8H,1-3H3,(H2,16,18,19). The van der Waals surface area contributed by atoms with E-state index in [1.165, 1.54) is 0 Å². The van der Waals surface area contributed by atoms with Crippen molar-refractivity contribution < 1.29 is 0 Å². The number of pyridine rings is 1. The third kappa shape index (κ3) is 2.36. The zero-order valence-corrected chi connectivity index (χ0v) is 12.5. The van der Waals surface area contributed by atoms with Gasteiger partial charge in [-0.1, -0.05) is 20.8 Å². The van der Waals surface area contributed by atoms with Crippen molar-refractivity contribution in [3.05, 3.63) is 35.5 Å². The van der Waals surface area contributed by atoms with Crippen molar-refractivity contribution in [1.29, 1.82) is 0 Å². The lowest BCUT2D eigenvalue weighted by molar-refractivity contribution is 0.568. The maximum absolute atomic E-state index is 5.92. The maximum Gasteiger partial charge on any atom is 0.163 e. The van der Waals surface area contributed by atoms with E-state index in [9.17, 15) is 0 Å². The summed E-state index contributed by atoms with van der Waals surface area (Å²) in [7, 11) is 0. The lowest BCUT2D eigenvalue weighted by Crippen LogP contribution is -2.15. The highest BCUT2D eigenvalue weighted by atomic mass is 32.1. The molecule has 0 saturated carbocycles. The molecule has 3 aromatic rings. The van der Waals surface area contributed by atoms with Crippen LogP contribution in [0.15, 0.2) is 29.8 Å². The van der Waals surface area contributed by atoms with E-state index in [-0.39, 0.29) is 5.41 Å². The van der Waals surface area contributed by atoms with Gasteiger partial charge in [-0.05, 0) is 17.5 Å². The molecule has 0 amide bonds. The summed E-state index contributed by atoms with van der Waals surface area (Å²) in [4.78, 5) is 13.4. The van der Waals surface area contributed by atoms with Gasteiger partial charge < -0.3 is 5.73 Å². The van der Waals surface area contributed by atoms with Gasteiger partial charge in [0.15, 0.2) is 5.82 Å². The van der Waals surface area contributed by atoms with Gasteiger partial charge in [0, 0.05) is 23.2 Å². The molecule has 5 heteroatoms. The molecule has 3 aromatic heterocycles. The highest BCUT2D eigenvalue weighted by Gasteiger charge is 2.18. The fraction of sp³-hybridized carbons (Fsp3) is 0.267. The molecule has 102 valence electrons. The van der Waals surface area contributed by atoms with Gasteiger partial charge in [0.05, 0.1) is 15.9 Å². The predicted molar refractivity (Wildman–Crippen MR) is 83.8 cm³/mol. The minimum Gasteiger partial charge on any atom is -0.384 e. The molecule has 0 spiro atoms. The molecule has 0 fully saturated rings. The largest absolute Gasteiger partial charge is 0.384 e. The topological polar surface area (TPSA) is 64.7 Å². The molecule has 4 nitrogen and oxygen atoms in total. The van der Waals surface area contributed by atoms with Crippen LogP contribution >= 0.6 is 11.3 Å². The van der Waals surface area contributed by atoms with Gasteiger partial charge in [0.2, 0.25) is 0 Å². The van der Waals surface area contributed by atoms with Crippen molar-refractivity contribution in [2.24, 2.45) is 0 Å². The average Bonchev–Trinajstić information content (AvgIpc) is 2.84. The second-order valence-corrected chi connectivity index (χ2v) is 6.73. The normalized spacial score (nSPS) is 11.9. The molecular weight excluding hydrogens is 268 g/mol. The van der Waals surface area contributed by atoms with Crippen LogP contribution in [0.2, 0.25) is 0 Å². The summed E-state index contributed by atoms with van der Waals surface area (Å²) in [6, 6.07) is 5.90. The fourth-order valence-corrected chi connectivity index (χ4v) is 2.73. The Balaban J connectivity index is 2.15. The molecule has 0 atom stereocenters. The van der Waals surface area contributed by atoms with E-state index < -0.39 is 0 Å². The van der Waals surface area contributed by atoms with Crippen LogP contribution in [0.3, 0.4) is 0 Å². The Kier molecular flexibility index (Phi) is 2.94. The Morgan fingerprint density at radius 1 is 1.15 bits per heavy atom. The molecule has 0 radical (unpaired) electrons. The minimum atomic E-state index is -0.0632. The third-order valence-electron chi connectivity index (χ3n) is 3.08. The summed E-state index contributed by atoms with van der Waals surface area (Å²) < 4.78 is 1.13. The van der Waals surface area contributed by atoms with E-state index in [0.717, 1.165) is 21.5 Å². The van der Waals surface area contributed by atoms with Crippen LogP contribution < -0.4 is 5.73 Å². The van der Waals surface area contributed by atoms with E-state index >= 15 is 0 Å². The molecule has 0 aromatic carbocycles. The summed E-state index contributed by atoms with van der Waals surface area (Å²) in [5.74, 6) is 1.13. The summed E-state index contributed by atoms with van der Waals surface area (Å²) >= 11 is 1.66. The highest BCUT2D eigenvalue weighted by Crippen LogP contribution is 2.27. The lowest BCUT2D eigenvalue weighted by atomic mass is 9.92. The number of fused-ring (bicyclic) bond motifs is 1. The maximum atomic E-state index is 5.92. The van der Waals surface area contributed by atoms with Crippen molar-refractivity contribution in [2.45, 2.75) is 26.2 Å². The Morgan fingerprint density at radius 2 is 1.95 bits per heavy atom. The van der Waals surface area contributed by atoms with Gasteiger partial charge >= 0.3 is 0 Å². The summed E-state index contributed by atoms with van der Waals surface area (Å²) in [6.07, 6.45) is 1.80. The highest BCUT2D eigenvalue weighted by molar-refractivity contribution is 7.17. The summed E-state index contributed by atoms with van der Waals surface area (Å²) in [5, 5.41) is 2.03. The number of aromatic nitrogens is 3. The van der Waals surface area contributed by atoms with Gasteiger partial charge in [0.1, 0.15) is 5.82 Å². The molecule has 0 aliphatic carbocycles. The second kappa shape index (κ2) is 4.52. The van der Waals surface area contributed by atoms with E-state index in [2.05, 4.69) is 41.8 Å². The fourth-order valence-electron chi connectivity index (χ4n) is 1.95. The number of nitrogens with zero attached hydrogens (tertiary/aromatic N) is 3. The zero-order chi connectivity index (χ0) is 14.3. The first-order valence-electron chi connectivity index (χ1n) is 6.42. The summed E-state index contributed by atoms with van der Waals surface area (Å²) in [6.45, 7) is 6.33. The molecule has 0 saturated heterocycles. The van der Waals surface area contributed by atoms with Gasteiger partial charge in [-0.25, -0.2) is 9.97 Å². The Bertz CT molecular complexity index is 771. The van der Waals surface area contributed by atoms with E-state index in [1.807, 2.05) is 17.5 Å². The number of nitrogens with two attached hydrogens (primary N) is 1. The SMILES string of the molecule is CC(C)(C)c1cc(N)nc(-c2cnc3ccsc3c2)n1. The summed E-state index contributed by atoms with van der Waals surface area (Å²) in [5.41, 5.74) is 8.69. The molecule has 3 heterocycles. The Labute approximate surface area is 121 Å². The Hall–Kier alpha value is -2.01. The van der Waals surface area contributed by atoms with Crippen LogP contribution in [0.4, 0.5) is 5.82 Å². The lowest BCUT2D eigenvalue weighted by Gasteiger charge is -2.18. The number of hydrogen-bond donors (Lipinski definition) is 1. The minimum absolute atomic E-state index is 0.0632. The van der Waals surface area contributed by atoms with Crippen LogP contribution in [0.5, 0.6) is 0 Å². The van der Waals surface area contributed by atoms with Crippen LogP contribution in [0.1, 0.15) is 26.5 Å². The first-order valence-corrected chi connectivity index (χ1v) is 7.30. The number of thiophene rings is 1. The molecule has 0 aliphatic rings. The van der Waals surface area contributed by atoms with Crippen LogP contribution in [0.25, 0.3) is 21.6 Å². The van der Waals surface area contributed by atoms with E-state index in [1.54, 1.807) is 17.5 Å². The van der Waals surface area contributed by atoms with Crippen molar-refractivity contribution in [3.8, 4) is 11.4 Å². The predicted octanol–water partition coefficient (Wildman–Crippen LogP) is 3.63. The zero-order valence-electron chi connectivity index (χ0n) is 11.7. The number of anilines is 1.